The summed E-state index contributed by atoms with van der Waals surface area (Å²) in [6.07, 6.45) is 3.61. The van der Waals surface area contributed by atoms with E-state index in [0.717, 1.165) is 25.8 Å². The van der Waals surface area contributed by atoms with Crippen LogP contribution in [0.5, 0.6) is 0 Å². The fraction of sp³-hybridized carbons (Fsp3) is 1.00. The Bertz CT molecular complexity index is 315. The van der Waals surface area contributed by atoms with Crippen molar-refractivity contribution in [3.05, 3.63) is 0 Å². The number of ether oxygens (including phenoxy) is 1. The highest BCUT2D eigenvalue weighted by Gasteiger charge is 2.29. The third-order valence-electron chi connectivity index (χ3n) is 3.19. The van der Waals surface area contributed by atoms with Crippen molar-refractivity contribution in [2.24, 2.45) is 0 Å². The van der Waals surface area contributed by atoms with Crippen molar-refractivity contribution in [1.29, 1.82) is 0 Å². The third kappa shape index (κ3) is 3.16. The van der Waals surface area contributed by atoms with Crippen molar-refractivity contribution in [2.45, 2.75) is 44.4 Å². The highest BCUT2D eigenvalue weighted by molar-refractivity contribution is 7.91. The molecule has 0 aromatic carbocycles. The SMILES string of the molecule is CC1CCC(CNC2CCS(=O)(=O)C2)O1. The lowest BCUT2D eigenvalue weighted by molar-refractivity contribution is 0.0548. The van der Waals surface area contributed by atoms with E-state index < -0.39 is 9.84 Å². The Morgan fingerprint density at radius 1 is 1.33 bits per heavy atom. The monoisotopic (exact) mass is 233 g/mol. The van der Waals surface area contributed by atoms with Crippen molar-refractivity contribution in [3.8, 4) is 0 Å². The van der Waals surface area contributed by atoms with Gasteiger partial charge < -0.3 is 10.1 Å². The molecule has 2 fully saturated rings. The van der Waals surface area contributed by atoms with Gasteiger partial charge in [0.2, 0.25) is 0 Å². The normalized spacial score (nSPS) is 39.7. The zero-order valence-electron chi connectivity index (χ0n) is 9.11. The van der Waals surface area contributed by atoms with Gasteiger partial charge in [-0.05, 0) is 26.2 Å². The molecule has 0 amide bonds. The number of rotatable bonds is 3. The fourth-order valence-electron chi connectivity index (χ4n) is 2.29. The van der Waals surface area contributed by atoms with Crippen LogP contribution in [0.1, 0.15) is 26.2 Å². The van der Waals surface area contributed by atoms with Crippen LogP contribution in [-0.4, -0.2) is 44.7 Å². The summed E-state index contributed by atoms with van der Waals surface area (Å²) in [5, 5.41) is 3.30. The van der Waals surface area contributed by atoms with Crippen LogP contribution in [0.4, 0.5) is 0 Å². The van der Waals surface area contributed by atoms with Gasteiger partial charge >= 0.3 is 0 Å². The molecule has 0 radical (unpaired) electrons. The van der Waals surface area contributed by atoms with Gasteiger partial charge in [0.15, 0.2) is 9.84 Å². The summed E-state index contributed by atoms with van der Waals surface area (Å²) < 4.78 is 28.1. The van der Waals surface area contributed by atoms with Gasteiger partial charge in [-0.2, -0.15) is 0 Å². The number of sulfone groups is 1. The molecule has 2 rings (SSSR count). The second-order valence-corrected chi connectivity index (χ2v) is 6.88. The highest BCUT2D eigenvalue weighted by atomic mass is 32.2. The Morgan fingerprint density at radius 3 is 2.67 bits per heavy atom. The molecule has 2 saturated heterocycles. The second kappa shape index (κ2) is 4.39. The van der Waals surface area contributed by atoms with Gasteiger partial charge in [-0.1, -0.05) is 0 Å². The van der Waals surface area contributed by atoms with E-state index in [2.05, 4.69) is 12.2 Å². The van der Waals surface area contributed by atoms with Crippen LogP contribution in [0.25, 0.3) is 0 Å². The molecule has 0 saturated carbocycles. The molecule has 4 nitrogen and oxygen atoms in total. The molecule has 88 valence electrons. The maximum atomic E-state index is 11.2. The summed E-state index contributed by atoms with van der Waals surface area (Å²) in [5.74, 6) is 0.641. The first-order valence-electron chi connectivity index (χ1n) is 5.64. The summed E-state index contributed by atoms with van der Waals surface area (Å²) in [6.45, 7) is 2.88. The first-order chi connectivity index (χ1) is 7.05. The van der Waals surface area contributed by atoms with Gasteiger partial charge in [0.1, 0.15) is 0 Å². The zero-order chi connectivity index (χ0) is 10.9. The van der Waals surface area contributed by atoms with Crippen LogP contribution in [0.3, 0.4) is 0 Å². The summed E-state index contributed by atoms with van der Waals surface area (Å²) in [7, 11) is -2.76. The smallest absolute Gasteiger partial charge is 0.151 e. The second-order valence-electron chi connectivity index (χ2n) is 4.65. The van der Waals surface area contributed by atoms with Crippen LogP contribution < -0.4 is 5.32 Å². The fourth-order valence-corrected chi connectivity index (χ4v) is 4.00. The predicted octanol–water partition coefficient (Wildman–Crippen LogP) is 0.331. The van der Waals surface area contributed by atoms with Crippen LogP contribution >= 0.6 is 0 Å². The Kier molecular flexibility index (Phi) is 3.33. The largest absolute Gasteiger partial charge is 0.374 e. The van der Waals surface area contributed by atoms with Crippen molar-refractivity contribution in [1.82, 2.24) is 5.32 Å². The first kappa shape index (κ1) is 11.4. The Labute approximate surface area is 91.3 Å². The van der Waals surface area contributed by atoms with E-state index in [-0.39, 0.29) is 12.1 Å². The molecule has 0 aliphatic carbocycles. The van der Waals surface area contributed by atoms with Crippen LogP contribution in [0.15, 0.2) is 0 Å². The lowest BCUT2D eigenvalue weighted by atomic mass is 10.2. The molecular weight excluding hydrogens is 214 g/mol. The Morgan fingerprint density at radius 2 is 2.13 bits per heavy atom. The van der Waals surface area contributed by atoms with Gasteiger partial charge in [0.05, 0.1) is 23.7 Å². The van der Waals surface area contributed by atoms with E-state index in [1.165, 1.54) is 0 Å². The lowest BCUT2D eigenvalue weighted by Gasteiger charge is -2.15. The molecular formula is C10H19NO3S. The van der Waals surface area contributed by atoms with E-state index in [9.17, 15) is 8.42 Å². The molecule has 0 aromatic heterocycles. The molecule has 15 heavy (non-hydrogen) atoms. The zero-order valence-corrected chi connectivity index (χ0v) is 9.92. The molecule has 0 aromatic rings. The summed E-state index contributed by atoms with van der Waals surface area (Å²) in [4.78, 5) is 0. The Balaban J connectivity index is 1.71. The molecule has 0 spiro atoms. The maximum Gasteiger partial charge on any atom is 0.151 e. The number of nitrogens with one attached hydrogen (secondary N) is 1. The topological polar surface area (TPSA) is 55.4 Å². The van der Waals surface area contributed by atoms with E-state index in [0.29, 0.717) is 17.6 Å². The highest BCUT2D eigenvalue weighted by Crippen LogP contribution is 2.19. The third-order valence-corrected chi connectivity index (χ3v) is 4.95. The molecule has 0 bridgehead atoms. The molecule has 1 N–H and O–H groups in total. The van der Waals surface area contributed by atoms with E-state index >= 15 is 0 Å². The maximum absolute atomic E-state index is 11.2. The number of hydrogen-bond donors (Lipinski definition) is 1. The van der Waals surface area contributed by atoms with Gasteiger partial charge in [-0.3, -0.25) is 0 Å². The summed E-state index contributed by atoms with van der Waals surface area (Å²) in [5.41, 5.74) is 0. The number of hydrogen-bond acceptors (Lipinski definition) is 4. The average molecular weight is 233 g/mol. The Hall–Kier alpha value is -0.130. The minimum atomic E-state index is -2.76. The summed E-state index contributed by atoms with van der Waals surface area (Å²) in [6, 6.07) is 0.148. The minimum Gasteiger partial charge on any atom is -0.374 e. The van der Waals surface area contributed by atoms with Crippen molar-refractivity contribution >= 4 is 9.84 Å². The quantitative estimate of drug-likeness (QED) is 0.763. The summed E-state index contributed by atoms with van der Waals surface area (Å²) >= 11 is 0. The molecule has 5 heteroatoms. The average Bonchev–Trinajstić information content (AvgIpc) is 2.69. The van der Waals surface area contributed by atoms with Gasteiger partial charge in [0.25, 0.3) is 0 Å². The predicted molar refractivity (Wildman–Crippen MR) is 58.6 cm³/mol. The first-order valence-corrected chi connectivity index (χ1v) is 7.46. The molecule has 3 unspecified atom stereocenters. The lowest BCUT2D eigenvalue weighted by Crippen LogP contribution is -2.36. The van der Waals surface area contributed by atoms with Crippen molar-refractivity contribution in [3.63, 3.8) is 0 Å². The van der Waals surface area contributed by atoms with Crippen molar-refractivity contribution < 1.29 is 13.2 Å². The van der Waals surface area contributed by atoms with Gasteiger partial charge in [-0.15, -0.1) is 0 Å². The van der Waals surface area contributed by atoms with E-state index in [4.69, 9.17) is 4.74 Å². The molecule has 2 aliphatic heterocycles. The van der Waals surface area contributed by atoms with Crippen molar-refractivity contribution in [2.75, 3.05) is 18.1 Å². The van der Waals surface area contributed by atoms with Crippen LogP contribution in [0.2, 0.25) is 0 Å². The molecule has 2 aliphatic rings. The minimum absolute atomic E-state index is 0.148. The van der Waals surface area contributed by atoms with E-state index in [1.807, 2.05) is 0 Å². The van der Waals surface area contributed by atoms with Gasteiger partial charge in [-0.25, -0.2) is 8.42 Å². The standard InChI is InChI=1S/C10H19NO3S/c1-8-2-3-10(14-8)6-11-9-4-5-15(12,13)7-9/h8-11H,2-7H2,1H3. The molecule has 2 heterocycles. The van der Waals surface area contributed by atoms with E-state index in [1.54, 1.807) is 0 Å². The van der Waals surface area contributed by atoms with Gasteiger partial charge in [0, 0.05) is 12.6 Å². The molecule has 3 atom stereocenters. The van der Waals surface area contributed by atoms with Crippen LogP contribution in [-0.2, 0) is 14.6 Å². The van der Waals surface area contributed by atoms with Crippen LogP contribution in [0, 0.1) is 0 Å².